The highest BCUT2D eigenvalue weighted by molar-refractivity contribution is 4.43. The highest BCUT2D eigenvalue weighted by atomic mass is 16.5. The van der Waals surface area contributed by atoms with Crippen LogP contribution in [0.5, 0.6) is 0 Å². The van der Waals surface area contributed by atoms with Crippen molar-refractivity contribution in [1.29, 1.82) is 0 Å². The third-order valence-electron chi connectivity index (χ3n) is 1.47. The molecule has 0 aliphatic rings. The van der Waals surface area contributed by atoms with Gasteiger partial charge < -0.3 is 9.47 Å². The molecule has 0 amide bonds. The Hall–Kier alpha value is -0.0800. The van der Waals surface area contributed by atoms with Crippen LogP contribution in [-0.2, 0) is 9.47 Å². The number of hydrogen-bond acceptors (Lipinski definition) is 2. The molecule has 0 rings (SSSR count). The van der Waals surface area contributed by atoms with Crippen LogP contribution in [0.3, 0.4) is 0 Å². The van der Waals surface area contributed by atoms with E-state index >= 15 is 0 Å². The zero-order valence-corrected chi connectivity index (χ0v) is 7.47. The van der Waals surface area contributed by atoms with Crippen LogP contribution in [0.2, 0.25) is 0 Å². The minimum Gasteiger partial charge on any atom is -0.382 e. The SMILES string of the molecule is [CH2]CCCCCOCCOC. The predicted octanol–water partition coefficient (Wildman–Crippen LogP) is 2.04. The maximum absolute atomic E-state index is 5.28. The second-order valence-electron chi connectivity index (χ2n) is 2.52. The fourth-order valence-corrected chi connectivity index (χ4v) is 0.802. The summed E-state index contributed by atoms with van der Waals surface area (Å²) in [6, 6.07) is 0. The lowest BCUT2D eigenvalue weighted by molar-refractivity contribution is 0.0686. The van der Waals surface area contributed by atoms with Crippen molar-refractivity contribution in [2.75, 3.05) is 26.9 Å². The van der Waals surface area contributed by atoms with Gasteiger partial charge in [-0.1, -0.05) is 26.2 Å². The third kappa shape index (κ3) is 9.92. The number of ether oxygens (including phenoxy) is 2. The standard InChI is InChI=1S/C9H19O2/c1-3-4-5-6-7-11-9-8-10-2/h1,3-9H2,2H3. The van der Waals surface area contributed by atoms with Crippen LogP contribution in [0, 0.1) is 6.92 Å². The van der Waals surface area contributed by atoms with Gasteiger partial charge in [-0.15, -0.1) is 0 Å². The van der Waals surface area contributed by atoms with Crippen LogP contribution in [0.15, 0.2) is 0 Å². The maximum atomic E-state index is 5.28. The summed E-state index contributed by atoms with van der Waals surface area (Å²) in [6.07, 6.45) is 4.64. The zero-order chi connectivity index (χ0) is 8.36. The Morgan fingerprint density at radius 3 is 2.45 bits per heavy atom. The summed E-state index contributed by atoms with van der Waals surface area (Å²) in [4.78, 5) is 0. The summed E-state index contributed by atoms with van der Waals surface area (Å²) >= 11 is 0. The molecule has 0 fully saturated rings. The molecule has 0 N–H and O–H groups in total. The molecule has 0 bridgehead atoms. The second kappa shape index (κ2) is 9.92. The summed E-state index contributed by atoms with van der Waals surface area (Å²) in [5.41, 5.74) is 0. The number of rotatable bonds is 8. The van der Waals surface area contributed by atoms with Crippen molar-refractivity contribution in [1.82, 2.24) is 0 Å². The molecule has 0 atom stereocenters. The van der Waals surface area contributed by atoms with E-state index in [1.165, 1.54) is 12.8 Å². The van der Waals surface area contributed by atoms with Gasteiger partial charge in [0.1, 0.15) is 0 Å². The summed E-state index contributed by atoms with van der Waals surface area (Å²) in [5, 5.41) is 0. The number of unbranched alkanes of at least 4 members (excludes halogenated alkanes) is 3. The van der Waals surface area contributed by atoms with Gasteiger partial charge >= 0.3 is 0 Å². The molecular formula is C9H19O2. The van der Waals surface area contributed by atoms with Crippen LogP contribution < -0.4 is 0 Å². The van der Waals surface area contributed by atoms with E-state index in [0.29, 0.717) is 6.61 Å². The second-order valence-corrected chi connectivity index (χ2v) is 2.52. The Labute approximate surface area is 69.9 Å². The Balaban J connectivity index is 2.69. The summed E-state index contributed by atoms with van der Waals surface area (Å²) in [5.74, 6) is 0. The van der Waals surface area contributed by atoms with Gasteiger partial charge in [0, 0.05) is 13.7 Å². The van der Waals surface area contributed by atoms with Gasteiger partial charge in [-0.25, -0.2) is 0 Å². The van der Waals surface area contributed by atoms with E-state index in [1.807, 2.05) is 0 Å². The lowest BCUT2D eigenvalue weighted by Gasteiger charge is -2.01. The molecule has 2 heteroatoms. The van der Waals surface area contributed by atoms with E-state index in [-0.39, 0.29) is 0 Å². The molecule has 0 aliphatic heterocycles. The van der Waals surface area contributed by atoms with Gasteiger partial charge in [-0.3, -0.25) is 0 Å². The van der Waals surface area contributed by atoms with Gasteiger partial charge in [0.15, 0.2) is 0 Å². The molecule has 0 saturated heterocycles. The molecule has 0 aliphatic carbocycles. The fraction of sp³-hybridized carbons (Fsp3) is 0.889. The average Bonchev–Trinajstić information content (AvgIpc) is 2.03. The van der Waals surface area contributed by atoms with Crippen molar-refractivity contribution in [3.63, 3.8) is 0 Å². The van der Waals surface area contributed by atoms with E-state index in [0.717, 1.165) is 26.1 Å². The van der Waals surface area contributed by atoms with Crippen molar-refractivity contribution in [3.8, 4) is 0 Å². The summed E-state index contributed by atoms with van der Waals surface area (Å²) in [7, 11) is 1.69. The van der Waals surface area contributed by atoms with Crippen LogP contribution in [-0.4, -0.2) is 26.9 Å². The number of hydrogen-bond donors (Lipinski definition) is 0. The first-order valence-corrected chi connectivity index (χ1v) is 4.27. The minimum atomic E-state index is 0.704. The molecule has 0 unspecified atom stereocenters. The van der Waals surface area contributed by atoms with Crippen molar-refractivity contribution in [3.05, 3.63) is 6.92 Å². The topological polar surface area (TPSA) is 18.5 Å². The van der Waals surface area contributed by atoms with Gasteiger partial charge in [0.05, 0.1) is 13.2 Å². The Morgan fingerprint density at radius 1 is 1.00 bits per heavy atom. The summed E-state index contributed by atoms with van der Waals surface area (Å²) < 4.78 is 10.1. The Bertz CT molecular complexity index is 56.6. The van der Waals surface area contributed by atoms with E-state index in [4.69, 9.17) is 9.47 Å². The normalized spacial score (nSPS) is 10.4. The molecule has 0 heterocycles. The Kier molecular flexibility index (Phi) is 9.85. The molecule has 11 heavy (non-hydrogen) atoms. The van der Waals surface area contributed by atoms with Crippen molar-refractivity contribution < 1.29 is 9.47 Å². The van der Waals surface area contributed by atoms with E-state index in [1.54, 1.807) is 7.11 Å². The molecule has 0 spiro atoms. The van der Waals surface area contributed by atoms with Crippen LogP contribution in [0.1, 0.15) is 25.7 Å². The lowest BCUT2D eigenvalue weighted by Crippen LogP contribution is -2.02. The number of methoxy groups -OCH3 is 1. The maximum Gasteiger partial charge on any atom is 0.0700 e. The average molecular weight is 159 g/mol. The first-order valence-electron chi connectivity index (χ1n) is 4.27. The predicted molar refractivity (Wildman–Crippen MR) is 46.5 cm³/mol. The van der Waals surface area contributed by atoms with Crippen LogP contribution >= 0.6 is 0 Å². The zero-order valence-electron chi connectivity index (χ0n) is 7.47. The molecule has 0 aromatic carbocycles. The molecule has 0 saturated carbocycles. The summed E-state index contributed by atoms with van der Waals surface area (Å²) in [6.45, 7) is 6.06. The monoisotopic (exact) mass is 159 g/mol. The Morgan fingerprint density at radius 2 is 1.82 bits per heavy atom. The smallest absolute Gasteiger partial charge is 0.0700 e. The molecule has 1 radical (unpaired) electrons. The highest BCUT2D eigenvalue weighted by Crippen LogP contribution is 1.98. The first kappa shape index (κ1) is 10.9. The van der Waals surface area contributed by atoms with Crippen LogP contribution in [0.4, 0.5) is 0 Å². The quantitative estimate of drug-likeness (QED) is 0.505. The van der Waals surface area contributed by atoms with Gasteiger partial charge in [-0.05, 0) is 6.42 Å². The molecule has 0 aromatic heterocycles. The molecule has 67 valence electrons. The minimum absolute atomic E-state index is 0.704. The van der Waals surface area contributed by atoms with Crippen molar-refractivity contribution >= 4 is 0 Å². The first-order chi connectivity index (χ1) is 5.41. The highest BCUT2D eigenvalue weighted by Gasteiger charge is 1.88. The van der Waals surface area contributed by atoms with Crippen molar-refractivity contribution in [2.24, 2.45) is 0 Å². The van der Waals surface area contributed by atoms with E-state index < -0.39 is 0 Å². The largest absolute Gasteiger partial charge is 0.382 e. The van der Waals surface area contributed by atoms with Gasteiger partial charge in [-0.2, -0.15) is 0 Å². The fourth-order valence-electron chi connectivity index (χ4n) is 0.802. The van der Waals surface area contributed by atoms with Gasteiger partial charge in [0.2, 0.25) is 0 Å². The molecule has 2 nitrogen and oxygen atoms in total. The van der Waals surface area contributed by atoms with E-state index in [9.17, 15) is 0 Å². The lowest BCUT2D eigenvalue weighted by atomic mass is 10.2. The van der Waals surface area contributed by atoms with Gasteiger partial charge in [0.25, 0.3) is 0 Å². The van der Waals surface area contributed by atoms with Crippen molar-refractivity contribution in [2.45, 2.75) is 25.7 Å². The van der Waals surface area contributed by atoms with Crippen LogP contribution in [0.25, 0.3) is 0 Å². The molecule has 0 aromatic rings. The van der Waals surface area contributed by atoms with E-state index in [2.05, 4.69) is 6.92 Å². The third-order valence-corrected chi connectivity index (χ3v) is 1.47. The molecular weight excluding hydrogens is 140 g/mol.